The summed E-state index contributed by atoms with van der Waals surface area (Å²) in [6, 6.07) is 6.44. The molecule has 2 rings (SSSR count). The number of nitrogens with zero attached hydrogens (tertiary/aromatic N) is 2. The van der Waals surface area contributed by atoms with Crippen LogP contribution in [0.5, 0.6) is 0 Å². The number of hydrogen-bond donors (Lipinski definition) is 1. The quantitative estimate of drug-likeness (QED) is 0.887. The number of likely N-dealkylation sites (tertiary alicyclic amines) is 1. The van der Waals surface area contributed by atoms with Crippen LogP contribution in [0.3, 0.4) is 0 Å². The van der Waals surface area contributed by atoms with Crippen molar-refractivity contribution < 1.29 is 19.5 Å². The molecule has 1 N–H and O–H groups in total. The van der Waals surface area contributed by atoms with Gasteiger partial charge in [-0.1, -0.05) is 12.1 Å². The number of amides is 2. The van der Waals surface area contributed by atoms with Crippen molar-refractivity contribution in [1.82, 2.24) is 9.80 Å². The van der Waals surface area contributed by atoms with Crippen molar-refractivity contribution in [2.24, 2.45) is 5.92 Å². The van der Waals surface area contributed by atoms with E-state index in [1.54, 1.807) is 29.0 Å². The van der Waals surface area contributed by atoms with Crippen molar-refractivity contribution in [3.63, 3.8) is 0 Å². The lowest BCUT2D eigenvalue weighted by atomic mass is 10.1. The molecule has 1 aliphatic rings. The SMILES string of the molecule is CCN1CC(C(=O)N(C)Cc2ccc(C(=O)O)cc2)CC1=O. The van der Waals surface area contributed by atoms with E-state index in [0.29, 0.717) is 19.6 Å². The Bertz CT molecular complexity index is 582. The summed E-state index contributed by atoms with van der Waals surface area (Å²) in [5.74, 6) is -1.28. The average Bonchev–Trinajstić information content (AvgIpc) is 2.88. The van der Waals surface area contributed by atoms with Crippen LogP contribution in [0.25, 0.3) is 0 Å². The molecule has 0 aromatic heterocycles. The predicted molar refractivity (Wildman–Crippen MR) is 80.2 cm³/mol. The lowest BCUT2D eigenvalue weighted by molar-refractivity contribution is -0.135. The molecule has 0 aliphatic carbocycles. The molecule has 1 aliphatic heterocycles. The first-order valence-corrected chi connectivity index (χ1v) is 7.27. The number of carboxylic acid groups (broad SMARTS) is 1. The van der Waals surface area contributed by atoms with E-state index in [0.717, 1.165) is 5.56 Å². The highest BCUT2D eigenvalue weighted by molar-refractivity contribution is 5.89. The number of rotatable bonds is 5. The molecule has 0 bridgehead atoms. The zero-order valence-corrected chi connectivity index (χ0v) is 12.8. The standard InChI is InChI=1S/C16H20N2O4/c1-3-18-10-13(8-14(18)19)15(20)17(2)9-11-4-6-12(7-5-11)16(21)22/h4-7,13H,3,8-10H2,1-2H3,(H,21,22). The minimum atomic E-state index is -0.972. The van der Waals surface area contributed by atoms with Gasteiger partial charge in [-0.2, -0.15) is 0 Å². The normalized spacial score (nSPS) is 17.6. The van der Waals surface area contributed by atoms with Crippen molar-refractivity contribution in [2.75, 3.05) is 20.1 Å². The molecule has 22 heavy (non-hydrogen) atoms. The molecule has 118 valence electrons. The molecule has 0 radical (unpaired) electrons. The van der Waals surface area contributed by atoms with Gasteiger partial charge in [-0.3, -0.25) is 9.59 Å². The lowest BCUT2D eigenvalue weighted by Gasteiger charge is -2.21. The van der Waals surface area contributed by atoms with Crippen LogP contribution in [0.2, 0.25) is 0 Å². The Morgan fingerprint density at radius 3 is 2.45 bits per heavy atom. The Morgan fingerprint density at radius 2 is 1.95 bits per heavy atom. The van der Waals surface area contributed by atoms with Crippen molar-refractivity contribution >= 4 is 17.8 Å². The Hall–Kier alpha value is -2.37. The van der Waals surface area contributed by atoms with Crippen molar-refractivity contribution in [3.8, 4) is 0 Å². The number of benzene rings is 1. The second-order valence-corrected chi connectivity index (χ2v) is 5.53. The van der Waals surface area contributed by atoms with Crippen LogP contribution < -0.4 is 0 Å². The van der Waals surface area contributed by atoms with E-state index < -0.39 is 5.97 Å². The lowest BCUT2D eigenvalue weighted by Crippen LogP contribution is -2.34. The van der Waals surface area contributed by atoms with Gasteiger partial charge in [-0.15, -0.1) is 0 Å². The molecule has 1 atom stereocenters. The first kappa shape index (κ1) is 16.0. The smallest absolute Gasteiger partial charge is 0.335 e. The third kappa shape index (κ3) is 3.44. The summed E-state index contributed by atoms with van der Waals surface area (Å²) in [5.41, 5.74) is 1.08. The van der Waals surface area contributed by atoms with Gasteiger partial charge in [0.15, 0.2) is 0 Å². The third-order valence-electron chi connectivity index (χ3n) is 3.94. The molecule has 1 aromatic carbocycles. The zero-order chi connectivity index (χ0) is 16.3. The van der Waals surface area contributed by atoms with E-state index in [-0.39, 0.29) is 29.7 Å². The van der Waals surface area contributed by atoms with Gasteiger partial charge in [-0.05, 0) is 24.6 Å². The summed E-state index contributed by atoms with van der Waals surface area (Å²) in [6.07, 6.45) is 0.273. The second-order valence-electron chi connectivity index (χ2n) is 5.53. The third-order valence-corrected chi connectivity index (χ3v) is 3.94. The van der Waals surface area contributed by atoms with E-state index in [1.807, 2.05) is 6.92 Å². The monoisotopic (exact) mass is 304 g/mol. The molecule has 6 heteroatoms. The topological polar surface area (TPSA) is 77.9 Å². The van der Waals surface area contributed by atoms with Crippen molar-refractivity contribution in [3.05, 3.63) is 35.4 Å². The maximum Gasteiger partial charge on any atom is 0.335 e. The van der Waals surface area contributed by atoms with E-state index in [9.17, 15) is 14.4 Å². The van der Waals surface area contributed by atoms with Gasteiger partial charge in [0.05, 0.1) is 11.5 Å². The summed E-state index contributed by atoms with van der Waals surface area (Å²) in [5, 5.41) is 8.86. The molecule has 0 saturated carbocycles. The van der Waals surface area contributed by atoms with Crippen LogP contribution in [0, 0.1) is 5.92 Å². The predicted octanol–water partition coefficient (Wildman–Crippen LogP) is 1.21. The van der Waals surface area contributed by atoms with Crippen LogP contribution in [-0.4, -0.2) is 52.8 Å². The van der Waals surface area contributed by atoms with Crippen LogP contribution in [0.4, 0.5) is 0 Å². The Kier molecular flexibility index (Phi) is 4.80. The van der Waals surface area contributed by atoms with E-state index in [1.165, 1.54) is 12.1 Å². The number of carbonyl (C=O) groups is 3. The summed E-state index contributed by atoms with van der Waals surface area (Å²) in [7, 11) is 1.70. The molecule has 1 aromatic rings. The summed E-state index contributed by atoms with van der Waals surface area (Å²) >= 11 is 0. The molecule has 1 fully saturated rings. The Labute approximate surface area is 129 Å². The molecular weight excluding hydrogens is 284 g/mol. The first-order chi connectivity index (χ1) is 10.4. The van der Waals surface area contributed by atoms with Crippen molar-refractivity contribution in [2.45, 2.75) is 19.9 Å². The van der Waals surface area contributed by atoms with Crippen LogP contribution in [0.1, 0.15) is 29.3 Å². The van der Waals surface area contributed by atoms with Gasteiger partial charge in [0, 0.05) is 33.1 Å². The number of carboxylic acids is 1. The first-order valence-electron chi connectivity index (χ1n) is 7.27. The average molecular weight is 304 g/mol. The molecule has 1 unspecified atom stereocenters. The van der Waals surface area contributed by atoms with Gasteiger partial charge < -0.3 is 14.9 Å². The van der Waals surface area contributed by atoms with Gasteiger partial charge in [0.2, 0.25) is 11.8 Å². The van der Waals surface area contributed by atoms with Crippen LogP contribution >= 0.6 is 0 Å². The highest BCUT2D eigenvalue weighted by Gasteiger charge is 2.34. The highest BCUT2D eigenvalue weighted by atomic mass is 16.4. The minimum absolute atomic E-state index is 0.0278. The molecule has 2 amide bonds. The molecular formula is C16H20N2O4. The molecule has 0 spiro atoms. The van der Waals surface area contributed by atoms with Gasteiger partial charge >= 0.3 is 5.97 Å². The number of hydrogen-bond acceptors (Lipinski definition) is 3. The largest absolute Gasteiger partial charge is 0.478 e. The number of aromatic carboxylic acids is 1. The van der Waals surface area contributed by atoms with Crippen LogP contribution in [-0.2, 0) is 16.1 Å². The van der Waals surface area contributed by atoms with Crippen LogP contribution in [0.15, 0.2) is 24.3 Å². The van der Waals surface area contributed by atoms with Crippen molar-refractivity contribution in [1.29, 1.82) is 0 Å². The maximum atomic E-state index is 12.4. The fourth-order valence-corrected chi connectivity index (χ4v) is 2.66. The van der Waals surface area contributed by atoms with E-state index in [2.05, 4.69) is 0 Å². The zero-order valence-electron chi connectivity index (χ0n) is 12.8. The fraction of sp³-hybridized carbons (Fsp3) is 0.438. The fourth-order valence-electron chi connectivity index (χ4n) is 2.66. The van der Waals surface area contributed by atoms with E-state index in [4.69, 9.17) is 5.11 Å². The van der Waals surface area contributed by atoms with Gasteiger partial charge in [0.1, 0.15) is 0 Å². The van der Waals surface area contributed by atoms with E-state index >= 15 is 0 Å². The Balaban J connectivity index is 1.97. The summed E-state index contributed by atoms with van der Waals surface area (Å²) in [6.45, 7) is 3.41. The van der Waals surface area contributed by atoms with Gasteiger partial charge in [0.25, 0.3) is 0 Å². The number of carbonyl (C=O) groups excluding carboxylic acids is 2. The van der Waals surface area contributed by atoms with Gasteiger partial charge in [-0.25, -0.2) is 4.79 Å². The summed E-state index contributed by atoms with van der Waals surface area (Å²) < 4.78 is 0. The minimum Gasteiger partial charge on any atom is -0.478 e. The highest BCUT2D eigenvalue weighted by Crippen LogP contribution is 2.20. The Morgan fingerprint density at radius 1 is 1.32 bits per heavy atom. The molecule has 6 nitrogen and oxygen atoms in total. The molecule has 1 saturated heterocycles. The second kappa shape index (κ2) is 6.60. The maximum absolute atomic E-state index is 12.4. The molecule has 1 heterocycles. The summed E-state index contributed by atoms with van der Waals surface area (Å²) in [4.78, 5) is 38.2.